The minimum Gasteiger partial charge on any atom is -0.544 e. The molecule has 0 amide bonds. The summed E-state index contributed by atoms with van der Waals surface area (Å²) in [6.07, 6.45) is 38.2. The summed E-state index contributed by atoms with van der Waals surface area (Å²) >= 11 is 0. The first-order valence-electron chi connectivity index (χ1n) is 18.5. The van der Waals surface area contributed by atoms with E-state index in [1.165, 1.54) is 19.3 Å². The zero-order valence-corrected chi connectivity index (χ0v) is 31.3. The molecule has 0 fully saturated rings. The fourth-order valence-corrected chi connectivity index (χ4v) is 4.74. The highest BCUT2D eigenvalue weighted by Gasteiger charge is 2.25. The zero-order valence-electron chi connectivity index (χ0n) is 31.3. The molecule has 0 aromatic heterocycles. The van der Waals surface area contributed by atoms with Crippen LogP contribution in [0.25, 0.3) is 0 Å². The number of rotatable bonds is 31. The number of carboxylic acid groups (broad SMARTS) is 1. The molecule has 0 heterocycles. The summed E-state index contributed by atoms with van der Waals surface area (Å²) in [4.78, 5) is 36.4. The standard InChI is InChI=1S/C41H67NO7/c1-6-8-10-12-14-15-16-17-18-19-20-21-22-23-24-25-26-28-30-32-40(44)49-37(35-47-34-33-38(41(45)46)42(3,4)5)36-48-39(43)31-29-27-13-11-9-7-2/h8,10,14-15,17-18,20-21,23-24,26,28,37-38H,6-7,9,11-13,16,19,22,25,27,29-36H2,1-5H3/b10-8-,15-14-,18-17-,21-20-,24-23-,28-26-. The molecule has 0 saturated heterocycles. The molecular weight excluding hydrogens is 618 g/mol. The third-order valence-corrected chi connectivity index (χ3v) is 7.62. The number of allylic oxidation sites excluding steroid dienone is 12. The lowest BCUT2D eigenvalue weighted by Crippen LogP contribution is -2.55. The summed E-state index contributed by atoms with van der Waals surface area (Å²) in [5, 5.41) is 11.5. The predicted octanol–water partition coefficient (Wildman–Crippen LogP) is 7.90. The van der Waals surface area contributed by atoms with Gasteiger partial charge in [-0.25, -0.2) is 0 Å². The van der Waals surface area contributed by atoms with E-state index >= 15 is 0 Å². The molecule has 0 N–H and O–H groups in total. The van der Waals surface area contributed by atoms with Crippen molar-refractivity contribution in [3.05, 3.63) is 72.9 Å². The van der Waals surface area contributed by atoms with Gasteiger partial charge in [-0.1, -0.05) is 119 Å². The number of carbonyl (C=O) groups is 3. The van der Waals surface area contributed by atoms with E-state index in [0.717, 1.165) is 57.8 Å². The molecule has 278 valence electrons. The molecule has 0 aromatic rings. The first kappa shape index (κ1) is 45.8. The Kier molecular flexibility index (Phi) is 29.9. The number of hydrogen-bond donors (Lipinski definition) is 0. The van der Waals surface area contributed by atoms with Crippen LogP contribution < -0.4 is 5.11 Å². The second-order valence-corrected chi connectivity index (χ2v) is 13.1. The quantitative estimate of drug-likeness (QED) is 0.0316. The van der Waals surface area contributed by atoms with E-state index < -0.39 is 24.1 Å². The molecule has 0 radical (unpaired) electrons. The Morgan fingerprint density at radius 1 is 0.633 bits per heavy atom. The van der Waals surface area contributed by atoms with Gasteiger partial charge in [0.2, 0.25) is 0 Å². The third-order valence-electron chi connectivity index (χ3n) is 7.62. The third kappa shape index (κ3) is 30.6. The molecule has 2 atom stereocenters. The van der Waals surface area contributed by atoms with Crippen LogP contribution in [0, 0.1) is 0 Å². The van der Waals surface area contributed by atoms with Gasteiger partial charge >= 0.3 is 11.9 Å². The lowest BCUT2D eigenvalue weighted by Gasteiger charge is -2.34. The highest BCUT2D eigenvalue weighted by atomic mass is 16.6. The van der Waals surface area contributed by atoms with E-state index in [1.54, 1.807) is 21.1 Å². The molecule has 0 aliphatic heterocycles. The van der Waals surface area contributed by atoms with Crippen molar-refractivity contribution in [2.45, 2.75) is 129 Å². The molecule has 0 saturated carbocycles. The minimum atomic E-state index is -1.14. The maximum absolute atomic E-state index is 12.6. The van der Waals surface area contributed by atoms with Crippen molar-refractivity contribution in [1.29, 1.82) is 0 Å². The van der Waals surface area contributed by atoms with E-state index in [0.29, 0.717) is 12.8 Å². The Bertz CT molecular complexity index is 1030. The van der Waals surface area contributed by atoms with Crippen LogP contribution in [-0.4, -0.2) is 75.5 Å². The number of unbranched alkanes of at least 4 members (excludes halogenated alkanes) is 5. The molecule has 0 aliphatic rings. The van der Waals surface area contributed by atoms with Crippen molar-refractivity contribution in [3.63, 3.8) is 0 Å². The van der Waals surface area contributed by atoms with Crippen LogP contribution in [0.4, 0.5) is 0 Å². The van der Waals surface area contributed by atoms with Crippen LogP contribution in [-0.2, 0) is 28.6 Å². The average Bonchev–Trinajstić information content (AvgIpc) is 3.05. The van der Waals surface area contributed by atoms with Crippen molar-refractivity contribution < 1.29 is 38.2 Å². The SMILES string of the molecule is CC/C=C\C/C=C\C/C=C\C/C=C\C/C=C\C/C=C\CCC(=O)OC(COCCC(C(=O)[O-])[N+](C)(C)C)COC(=O)CCCCCCCC. The van der Waals surface area contributed by atoms with Crippen LogP contribution in [0.2, 0.25) is 0 Å². The lowest BCUT2D eigenvalue weighted by molar-refractivity contribution is -0.889. The average molecular weight is 686 g/mol. The summed E-state index contributed by atoms with van der Waals surface area (Å²) < 4.78 is 16.9. The summed E-state index contributed by atoms with van der Waals surface area (Å²) in [5.41, 5.74) is 0. The molecule has 49 heavy (non-hydrogen) atoms. The highest BCUT2D eigenvalue weighted by Crippen LogP contribution is 2.10. The fourth-order valence-electron chi connectivity index (χ4n) is 4.74. The monoisotopic (exact) mass is 685 g/mol. The second kappa shape index (κ2) is 32.0. The Hall–Kier alpha value is -3.23. The Balaban J connectivity index is 4.51. The van der Waals surface area contributed by atoms with E-state index in [-0.39, 0.29) is 43.1 Å². The van der Waals surface area contributed by atoms with Gasteiger partial charge < -0.3 is 28.6 Å². The maximum atomic E-state index is 12.6. The molecule has 0 aliphatic carbocycles. The van der Waals surface area contributed by atoms with Crippen LogP contribution in [0.1, 0.15) is 117 Å². The van der Waals surface area contributed by atoms with Crippen LogP contribution in [0.5, 0.6) is 0 Å². The largest absolute Gasteiger partial charge is 0.544 e. The molecule has 2 unspecified atom stereocenters. The van der Waals surface area contributed by atoms with Gasteiger partial charge in [-0.15, -0.1) is 0 Å². The zero-order chi connectivity index (χ0) is 36.4. The molecule has 0 spiro atoms. The highest BCUT2D eigenvalue weighted by molar-refractivity contribution is 5.70. The van der Waals surface area contributed by atoms with Gasteiger partial charge in [0, 0.05) is 19.3 Å². The summed E-state index contributed by atoms with van der Waals surface area (Å²) in [5.74, 6) is -1.87. The van der Waals surface area contributed by atoms with E-state index in [2.05, 4.69) is 74.6 Å². The molecule has 8 heteroatoms. The van der Waals surface area contributed by atoms with Crippen LogP contribution >= 0.6 is 0 Å². The summed E-state index contributed by atoms with van der Waals surface area (Å²) in [7, 11) is 5.35. The number of nitrogens with zero attached hydrogens (tertiary/aromatic N) is 1. The fraction of sp³-hybridized carbons (Fsp3) is 0.634. The Morgan fingerprint density at radius 3 is 1.65 bits per heavy atom. The molecule has 0 aromatic carbocycles. The molecular formula is C41H67NO7. The molecule has 0 bridgehead atoms. The van der Waals surface area contributed by atoms with Crippen molar-refractivity contribution in [2.75, 3.05) is 41.0 Å². The number of carboxylic acids is 1. The molecule has 8 nitrogen and oxygen atoms in total. The van der Waals surface area contributed by atoms with Crippen LogP contribution in [0.15, 0.2) is 72.9 Å². The number of aliphatic carboxylic acids is 1. The number of esters is 2. The van der Waals surface area contributed by atoms with Crippen molar-refractivity contribution in [2.24, 2.45) is 0 Å². The number of likely N-dealkylation sites (N-methyl/N-ethyl adjacent to an activating group) is 1. The Morgan fingerprint density at radius 2 is 1.14 bits per heavy atom. The van der Waals surface area contributed by atoms with Gasteiger partial charge in [-0.3, -0.25) is 9.59 Å². The predicted molar refractivity (Wildman–Crippen MR) is 199 cm³/mol. The van der Waals surface area contributed by atoms with Gasteiger partial charge in [0.15, 0.2) is 6.10 Å². The minimum absolute atomic E-state index is 0.00680. The topological polar surface area (TPSA) is 102 Å². The maximum Gasteiger partial charge on any atom is 0.306 e. The van der Waals surface area contributed by atoms with E-state index in [9.17, 15) is 19.5 Å². The summed E-state index contributed by atoms with van der Waals surface area (Å²) in [6, 6.07) is -0.738. The second-order valence-electron chi connectivity index (χ2n) is 13.1. The number of quaternary nitrogens is 1. The van der Waals surface area contributed by atoms with Gasteiger partial charge in [0.25, 0.3) is 0 Å². The van der Waals surface area contributed by atoms with Gasteiger partial charge in [-0.2, -0.15) is 0 Å². The van der Waals surface area contributed by atoms with Gasteiger partial charge in [-0.05, 0) is 51.4 Å². The summed E-state index contributed by atoms with van der Waals surface area (Å²) in [6.45, 7) is 4.36. The number of hydrogen-bond acceptors (Lipinski definition) is 7. The van der Waals surface area contributed by atoms with Gasteiger partial charge in [0.05, 0.1) is 40.3 Å². The normalized spacial score (nSPS) is 13.9. The van der Waals surface area contributed by atoms with Crippen molar-refractivity contribution in [3.8, 4) is 0 Å². The van der Waals surface area contributed by atoms with Crippen LogP contribution in [0.3, 0.4) is 0 Å². The first-order chi connectivity index (χ1) is 23.6. The molecule has 0 rings (SSSR count). The number of carbonyl (C=O) groups excluding carboxylic acids is 3. The van der Waals surface area contributed by atoms with Gasteiger partial charge in [0.1, 0.15) is 12.6 Å². The lowest BCUT2D eigenvalue weighted by atomic mass is 10.1. The smallest absolute Gasteiger partial charge is 0.306 e. The number of ether oxygens (including phenoxy) is 3. The van der Waals surface area contributed by atoms with Crippen molar-refractivity contribution >= 4 is 17.9 Å². The Labute approximate surface area is 298 Å². The van der Waals surface area contributed by atoms with E-state index in [1.807, 2.05) is 12.2 Å². The van der Waals surface area contributed by atoms with Crippen molar-refractivity contribution in [1.82, 2.24) is 0 Å². The van der Waals surface area contributed by atoms with E-state index in [4.69, 9.17) is 14.2 Å². The first-order valence-corrected chi connectivity index (χ1v) is 18.5.